The molecule has 0 aromatic carbocycles. The molecule has 0 atom stereocenters. The van der Waals surface area contributed by atoms with Crippen molar-refractivity contribution in [3.8, 4) is 0 Å². The third kappa shape index (κ3) is 73.8. The van der Waals surface area contributed by atoms with Crippen molar-refractivity contribution in [2.24, 2.45) is 5.34 Å². The first-order valence-electron chi connectivity index (χ1n) is 0.383. The van der Waals surface area contributed by atoms with Gasteiger partial charge in [-0.25, -0.2) is 0 Å². The molecule has 0 saturated carbocycles. The van der Waals surface area contributed by atoms with Crippen LogP contribution >= 0.6 is 0 Å². The molecule has 0 aromatic heterocycles. The van der Waals surface area contributed by atoms with Gasteiger partial charge in [0.05, 0.1) is 0 Å². The van der Waals surface area contributed by atoms with E-state index in [0.717, 1.165) is 0 Å². The van der Waals surface area contributed by atoms with E-state index in [1.165, 1.54) is 5.34 Å². The number of hydrogen-bond donors (Lipinski definition) is 1. The summed E-state index contributed by atoms with van der Waals surface area (Å²) < 4.78 is 0. The van der Waals surface area contributed by atoms with Gasteiger partial charge in [0.15, 0.2) is 22.7 Å². The van der Waals surface area contributed by atoms with Crippen LogP contribution in [-0.2, 0) is 22.4 Å². The standard InChI is InChI=1S/Al.HNO2.Ta.3H/c;2-1-3;;;;/h;(H,2,3);;;;. The Balaban J connectivity index is -0.0000000200. The van der Waals surface area contributed by atoms with Crippen molar-refractivity contribution in [1.82, 2.24) is 0 Å². The maximum absolute atomic E-state index is 8.11. The summed E-state index contributed by atoms with van der Waals surface area (Å²) in [5.41, 5.74) is 0. The summed E-state index contributed by atoms with van der Waals surface area (Å²) in [5, 5.41) is 7.89. The van der Waals surface area contributed by atoms with E-state index in [0.29, 0.717) is 0 Å². The second-order valence-electron chi connectivity index (χ2n) is 0.0816. The van der Waals surface area contributed by atoms with E-state index in [1.54, 1.807) is 0 Å². The van der Waals surface area contributed by atoms with Crippen molar-refractivity contribution in [3.05, 3.63) is 4.91 Å². The first kappa shape index (κ1) is 17.3. The average molecular weight is 258 g/mol. The van der Waals surface area contributed by atoms with Gasteiger partial charge in [-0.05, 0) is 0 Å². The Morgan fingerprint density at radius 1 is 1.60 bits per heavy atom. The van der Waals surface area contributed by atoms with Crippen LogP contribution in [0.15, 0.2) is 5.34 Å². The van der Waals surface area contributed by atoms with E-state index in [4.69, 9.17) is 10.1 Å². The summed E-state index contributed by atoms with van der Waals surface area (Å²) in [7, 11) is 0. The molecule has 0 fully saturated rings. The second kappa shape index (κ2) is 22.5. The molecule has 5 heavy (non-hydrogen) atoms. The van der Waals surface area contributed by atoms with Crippen LogP contribution in [0.2, 0.25) is 0 Å². The van der Waals surface area contributed by atoms with Gasteiger partial charge in [0.2, 0.25) is 0 Å². The fourth-order valence-electron chi connectivity index (χ4n) is 0. The molecule has 0 saturated heterocycles. The van der Waals surface area contributed by atoms with Crippen molar-refractivity contribution in [1.29, 1.82) is 0 Å². The maximum Gasteiger partial charge on any atom is 0.187 e. The predicted molar refractivity (Wildman–Crippen MR) is 17.5 cm³/mol. The predicted octanol–water partition coefficient (Wildman–Crippen LogP) is -1.04. The monoisotopic (exact) mass is 258 g/mol. The molecular formula is H4AlNO2Ta. The van der Waals surface area contributed by atoms with Gasteiger partial charge in [-0.3, -0.25) is 0 Å². The Labute approximate surface area is 55.3 Å². The molecule has 0 aliphatic carbocycles. The van der Waals surface area contributed by atoms with Gasteiger partial charge >= 0.3 is 0 Å². The zero-order valence-corrected chi connectivity index (χ0v) is 4.96. The van der Waals surface area contributed by atoms with Crippen molar-refractivity contribution in [2.45, 2.75) is 0 Å². The summed E-state index contributed by atoms with van der Waals surface area (Å²) in [6.45, 7) is 0. The van der Waals surface area contributed by atoms with Gasteiger partial charge in [0, 0.05) is 22.4 Å². The molecule has 0 heterocycles. The number of nitrogens with zero attached hydrogens (tertiary/aromatic N) is 1. The molecule has 0 spiro atoms. The Morgan fingerprint density at radius 2 is 1.60 bits per heavy atom. The van der Waals surface area contributed by atoms with Crippen LogP contribution in [0.1, 0.15) is 0 Å². The van der Waals surface area contributed by atoms with Crippen LogP contribution < -0.4 is 0 Å². The zero-order valence-electron chi connectivity index (χ0n) is 1.75. The summed E-state index contributed by atoms with van der Waals surface area (Å²) in [5.74, 6) is 0. The van der Waals surface area contributed by atoms with Crippen molar-refractivity contribution in [3.63, 3.8) is 0 Å². The van der Waals surface area contributed by atoms with Crippen LogP contribution in [0.5, 0.6) is 0 Å². The van der Waals surface area contributed by atoms with E-state index in [9.17, 15) is 0 Å². The molecule has 0 amide bonds. The van der Waals surface area contributed by atoms with E-state index in [2.05, 4.69) is 0 Å². The van der Waals surface area contributed by atoms with E-state index < -0.39 is 0 Å². The molecule has 0 rings (SSSR count). The molecular weight excluding hydrogens is 254 g/mol. The van der Waals surface area contributed by atoms with Crippen LogP contribution in [0.25, 0.3) is 0 Å². The number of hydrogen-bond acceptors (Lipinski definition) is 2. The Hall–Kier alpha value is 0.673. The zero-order chi connectivity index (χ0) is 2.71. The largest absolute Gasteiger partial charge is 0.379 e. The topological polar surface area (TPSA) is 49.7 Å². The van der Waals surface area contributed by atoms with E-state index in [-0.39, 0.29) is 39.7 Å². The quantitative estimate of drug-likeness (QED) is 0.342. The summed E-state index contributed by atoms with van der Waals surface area (Å²) >= 11 is 0. The van der Waals surface area contributed by atoms with Crippen molar-refractivity contribution in [2.75, 3.05) is 0 Å². The molecule has 3 nitrogen and oxygen atoms in total. The van der Waals surface area contributed by atoms with Gasteiger partial charge in [-0.1, -0.05) is 0 Å². The van der Waals surface area contributed by atoms with Crippen molar-refractivity contribution >= 4 is 17.4 Å². The Morgan fingerprint density at radius 3 is 1.60 bits per heavy atom. The Bertz CT molecular complexity index is 17.1. The summed E-state index contributed by atoms with van der Waals surface area (Å²) in [6.07, 6.45) is 0. The second-order valence-corrected chi connectivity index (χ2v) is 0.0816. The van der Waals surface area contributed by atoms with Gasteiger partial charge in [0.1, 0.15) is 0 Å². The first-order chi connectivity index (χ1) is 1.41. The minimum Gasteiger partial charge on any atom is -0.379 e. The van der Waals surface area contributed by atoms with Gasteiger partial charge < -0.3 is 5.21 Å². The molecule has 1 radical (unpaired) electrons. The van der Waals surface area contributed by atoms with Crippen LogP contribution in [0.3, 0.4) is 0 Å². The number of rotatable bonds is 0. The average Bonchev–Trinajstić information content (AvgIpc) is 0.918. The van der Waals surface area contributed by atoms with Gasteiger partial charge in [-0.15, -0.1) is 4.91 Å². The molecule has 1 N–H and O–H groups in total. The summed E-state index contributed by atoms with van der Waals surface area (Å²) in [4.78, 5) is 8.11. The molecule has 0 aliphatic rings. The van der Waals surface area contributed by atoms with Gasteiger partial charge in [0.25, 0.3) is 0 Å². The first-order valence-corrected chi connectivity index (χ1v) is 0.383. The SMILES string of the molecule is O=NO.[AlH3].[Ta]. The van der Waals surface area contributed by atoms with Crippen LogP contribution in [0, 0.1) is 4.91 Å². The third-order valence-corrected chi connectivity index (χ3v) is 0. The molecule has 0 aliphatic heterocycles. The maximum atomic E-state index is 8.11. The van der Waals surface area contributed by atoms with Gasteiger partial charge in [-0.2, -0.15) is 0 Å². The van der Waals surface area contributed by atoms with Crippen LogP contribution in [0.4, 0.5) is 0 Å². The Kier molecular flexibility index (Phi) is 78.1. The fourth-order valence-corrected chi connectivity index (χ4v) is 0. The molecule has 0 bridgehead atoms. The fraction of sp³-hybridized carbons (Fsp3) is 0. The van der Waals surface area contributed by atoms with Crippen LogP contribution in [-0.4, -0.2) is 22.6 Å². The minimum atomic E-state index is 0. The smallest absolute Gasteiger partial charge is 0.187 e. The normalized spacial score (nSPS) is 2.40. The van der Waals surface area contributed by atoms with E-state index in [1.807, 2.05) is 0 Å². The van der Waals surface area contributed by atoms with Crippen molar-refractivity contribution < 1.29 is 27.6 Å². The molecule has 5 heteroatoms. The molecule has 29 valence electrons. The minimum absolute atomic E-state index is 0. The summed E-state index contributed by atoms with van der Waals surface area (Å²) in [6, 6.07) is 0. The third-order valence-electron chi connectivity index (χ3n) is 0. The molecule has 0 unspecified atom stereocenters. The molecule has 0 aromatic rings. The van der Waals surface area contributed by atoms with E-state index >= 15 is 0 Å².